The highest BCUT2D eigenvalue weighted by Gasteiger charge is 2.19. The Labute approximate surface area is 142 Å². The van der Waals surface area contributed by atoms with Gasteiger partial charge in [0.05, 0.1) is 0 Å². The van der Waals surface area contributed by atoms with E-state index in [0.717, 1.165) is 28.3 Å². The van der Waals surface area contributed by atoms with Crippen molar-refractivity contribution < 1.29 is 4.74 Å². The maximum Gasteiger partial charge on any atom is 0.160 e. The van der Waals surface area contributed by atoms with Crippen LogP contribution in [-0.4, -0.2) is 20.1 Å². The lowest BCUT2D eigenvalue weighted by Gasteiger charge is -2.21. The van der Waals surface area contributed by atoms with Gasteiger partial charge in [0.25, 0.3) is 0 Å². The number of pyridine rings is 1. The van der Waals surface area contributed by atoms with Crippen LogP contribution in [0.4, 0.5) is 0 Å². The lowest BCUT2D eigenvalue weighted by Crippen LogP contribution is -2.37. The van der Waals surface area contributed by atoms with Crippen molar-refractivity contribution in [1.29, 1.82) is 0 Å². The maximum absolute atomic E-state index is 6.22. The molecule has 0 fully saturated rings. The molecule has 0 spiro atoms. The van der Waals surface area contributed by atoms with Crippen LogP contribution in [0.1, 0.15) is 30.8 Å². The van der Waals surface area contributed by atoms with Crippen molar-refractivity contribution in [2.45, 2.75) is 46.4 Å². The summed E-state index contributed by atoms with van der Waals surface area (Å²) in [5.74, 6) is 1.66. The van der Waals surface area contributed by atoms with E-state index < -0.39 is 0 Å². The molecule has 0 saturated heterocycles. The molecule has 0 bridgehead atoms. The minimum absolute atomic E-state index is 0.362. The molecular formula is C19H24N4O. The molecule has 0 radical (unpaired) electrons. The molecule has 0 saturated carbocycles. The van der Waals surface area contributed by atoms with Crippen LogP contribution in [0.25, 0.3) is 11.2 Å². The Kier molecular flexibility index (Phi) is 4.28. The minimum atomic E-state index is -0.362. The van der Waals surface area contributed by atoms with Crippen molar-refractivity contribution in [3.8, 4) is 5.75 Å². The van der Waals surface area contributed by atoms with Crippen LogP contribution in [0.15, 0.2) is 36.5 Å². The first-order valence-electron chi connectivity index (χ1n) is 8.12. The van der Waals surface area contributed by atoms with Crippen LogP contribution in [0.5, 0.6) is 5.75 Å². The van der Waals surface area contributed by atoms with E-state index in [1.165, 1.54) is 5.56 Å². The van der Waals surface area contributed by atoms with E-state index >= 15 is 0 Å². The summed E-state index contributed by atoms with van der Waals surface area (Å²) in [6.45, 7) is 9.08. The number of hydrogen-bond donors (Lipinski definition) is 1. The zero-order valence-electron chi connectivity index (χ0n) is 14.7. The van der Waals surface area contributed by atoms with E-state index in [-0.39, 0.29) is 5.54 Å². The summed E-state index contributed by atoms with van der Waals surface area (Å²) < 4.78 is 7.97. The fourth-order valence-electron chi connectivity index (χ4n) is 2.62. The highest BCUT2D eigenvalue weighted by Crippen LogP contribution is 2.20. The van der Waals surface area contributed by atoms with Gasteiger partial charge in [0.2, 0.25) is 0 Å². The number of fused-ring (bicyclic) bond motifs is 1. The van der Waals surface area contributed by atoms with Crippen molar-refractivity contribution >= 4 is 11.2 Å². The number of benzene rings is 1. The van der Waals surface area contributed by atoms with Crippen LogP contribution in [0, 0.1) is 13.8 Å². The summed E-state index contributed by atoms with van der Waals surface area (Å²) in [5, 5.41) is 0. The normalized spacial score (nSPS) is 11.9. The lowest BCUT2D eigenvalue weighted by molar-refractivity contribution is 0.285. The van der Waals surface area contributed by atoms with E-state index in [9.17, 15) is 0 Å². The number of aryl methyl sites for hydroxylation is 2. The van der Waals surface area contributed by atoms with Crippen molar-refractivity contribution in [3.05, 3.63) is 53.5 Å². The molecule has 3 aromatic rings. The Balaban J connectivity index is 1.93. The first kappa shape index (κ1) is 16.5. The molecule has 1 aromatic carbocycles. The van der Waals surface area contributed by atoms with Gasteiger partial charge in [0.1, 0.15) is 23.7 Å². The Bertz CT molecular complexity index is 844. The Morgan fingerprint density at radius 2 is 1.83 bits per heavy atom. The highest BCUT2D eigenvalue weighted by molar-refractivity contribution is 5.72. The van der Waals surface area contributed by atoms with Gasteiger partial charge in [-0.25, -0.2) is 9.97 Å². The summed E-state index contributed by atoms with van der Waals surface area (Å²) in [6.07, 6.45) is 1.86. The monoisotopic (exact) mass is 324 g/mol. The second-order valence-corrected chi connectivity index (χ2v) is 7.06. The van der Waals surface area contributed by atoms with Gasteiger partial charge in [0.15, 0.2) is 5.65 Å². The summed E-state index contributed by atoms with van der Waals surface area (Å²) >= 11 is 0. The molecule has 3 rings (SSSR count). The van der Waals surface area contributed by atoms with Crippen molar-refractivity contribution in [2.75, 3.05) is 0 Å². The van der Waals surface area contributed by atoms with Crippen molar-refractivity contribution in [2.24, 2.45) is 5.73 Å². The average Bonchev–Trinajstić information content (AvgIpc) is 2.82. The fraction of sp³-hybridized carbons (Fsp3) is 0.368. The Hall–Kier alpha value is -2.40. The Morgan fingerprint density at radius 1 is 1.12 bits per heavy atom. The molecule has 24 heavy (non-hydrogen) atoms. The van der Waals surface area contributed by atoms with E-state index in [0.29, 0.717) is 13.2 Å². The second kappa shape index (κ2) is 6.24. The van der Waals surface area contributed by atoms with E-state index in [1.54, 1.807) is 0 Å². The van der Waals surface area contributed by atoms with Crippen LogP contribution >= 0.6 is 0 Å². The number of imidazole rings is 1. The molecular weight excluding hydrogens is 300 g/mol. The molecule has 2 heterocycles. The number of aromatic nitrogens is 3. The van der Waals surface area contributed by atoms with E-state index in [2.05, 4.69) is 16.5 Å². The summed E-state index contributed by atoms with van der Waals surface area (Å²) in [7, 11) is 0. The SMILES string of the molecule is Cc1ccc(OCc2nc3cc(C)cnc3n2CC(C)(C)N)cc1. The van der Waals surface area contributed by atoms with Crippen LogP contribution in [-0.2, 0) is 13.2 Å². The number of rotatable bonds is 5. The quantitative estimate of drug-likeness (QED) is 0.781. The minimum Gasteiger partial charge on any atom is -0.486 e. The molecule has 5 heteroatoms. The third kappa shape index (κ3) is 3.74. The number of ether oxygens (including phenoxy) is 1. The number of nitrogens with two attached hydrogens (primary N) is 1. The number of hydrogen-bond acceptors (Lipinski definition) is 4. The van der Waals surface area contributed by atoms with E-state index in [1.807, 2.05) is 57.3 Å². The topological polar surface area (TPSA) is 66.0 Å². The standard InChI is InChI=1S/C19H24N4O/c1-13-5-7-15(8-6-13)24-11-17-22-16-9-14(2)10-21-18(16)23(17)12-19(3,4)20/h5-10H,11-12,20H2,1-4H3. The van der Waals surface area contributed by atoms with Gasteiger partial charge >= 0.3 is 0 Å². The van der Waals surface area contributed by atoms with Crippen LogP contribution < -0.4 is 10.5 Å². The summed E-state index contributed by atoms with van der Waals surface area (Å²) in [4.78, 5) is 9.25. The fourth-order valence-corrected chi connectivity index (χ4v) is 2.62. The summed E-state index contributed by atoms with van der Waals surface area (Å²) in [5.41, 5.74) is 9.88. The third-order valence-corrected chi connectivity index (χ3v) is 3.76. The van der Waals surface area contributed by atoms with Gasteiger partial charge in [-0.15, -0.1) is 0 Å². The molecule has 2 aromatic heterocycles. The molecule has 2 N–H and O–H groups in total. The van der Waals surface area contributed by atoms with Gasteiger partial charge in [-0.2, -0.15) is 0 Å². The van der Waals surface area contributed by atoms with E-state index in [4.69, 9.17) is 15.5 Å². The predicted molar refractivity (Wildman–Crippen MR) is 96.0 cm³/mol. The molecule has 0 aliphatic heterocycles. The molecule has 0 aliphatic rings. The zero-order valence-corrected chi connectivity index (χ0v) is 14.7. The largest absolute Gasteiger partial charge is 0.486 e. The average molecular weight is 324 g/mol. The number of nitrogens with zero attached hydrogens (tertiary/aromatic N) is 3. The molecule has 0 unspecified atom stereocenters. The van der Waals surface area contributed by atoms with Gasteiger partial charge in [-0.05, 0) is 51.5 Å². The van der Waals surface area contributed by atoms with Gasteiger partial charge < -0.3 is 15.0 Å². The third-order valence-electron chi connectivity index (χ3n) is 3.76. The predicted octanol–water partition coefficient (Wildman–Crippen LogP) is 3.36. The van der Waals surface area contributed by atoms with Crippen LogP contribution in [0.2, 0.25) is 0 Å². The highest BCUT2D eigenvalue weighted by atomic mass is 16.5. The smallest absolute Gasteiger partial charge is 0.160 e. The van der Waals surface area contributed by atoms with Crippen molar-refractivity contribution in [1.82, 2.24) is 14.5 Å². The Morgan fingerprint density at radius 3 is 2.50 bits per heavy atom. The molecule has 0 amide bonds. The van der Waals surface area contributed by atoms with Gasteiger partial charge in [-0.1, -0.05) is 17.7 Å². The zero-order chi connectivity index (χ0) is 17.3. The maximum atomic E-state index is 6.22. The first-order chi connectivity index (χ1) is 11.3. The van der Waals surface area contributed by atoms with Gasteiger partial charge in [0, 0.05) is 18.3 Å². The molecule has 0 atom stereocenters. The summed E-state index contributed by atoms with van der Waals surface area (Å²) in [6, 6.07) is 10.0. The second-order valence-electron chi connectivity index (χ2n) is 7.06. The first-order valence-corrected chi connectivity index (χ1v) is 8.12. The lowest BCUT2D eigenvalue weighted by atomic mass is 10.1. The van der Waals surface area contributed by atoms with Gasteiger partial charge in [-0.3, -0.25) is 0 Å². The molecule has 126 valence electrons. The van der Waals surface area contributed by atoms with Crippen molar-refractivity contribution in [3.63, 3.8) is 0 Å². The molecule has 5 nitrogen and oxygen atoms in total. The van der Waals surface area contributed by atoms with Crippen LogP contribution in [0.3, 0.4) is 0 Å². The molecule has 0 aliphatic carbocycles.